The topological polar surface area (TPSA) is 35.5 Å². The Morgan fingerprint density at radius 3 is 2.58 bits per heavy atom. The zero-order chi connectivity index (χ0) is 8.18. The van der Waals surface area contributed by atoms with Crippen LogP contribution < -0.4 is 0 Å². The second-order valence-corrected chi connectivity index (χ2v) is 4.01. The highest BCUT2D eigenvalue weighted by Gasteiger charge is 2.58. The van der Waals surface area contributed by atoms with Crippen LogP contribution in [0.25, 0.3) is 0 Å². The smallest absolute Gasteiger partial charge is 0.172 e. The van der Waals surface area contributed by atoms with Crippen molar-refractivity contribution in [1.82, 2.24) is 0 Å². The first kappa shape index (κ1) is 7.04. The van der Waals surface area contributed by atoms with Gasteiger partial charge in [-0.05, 0) is 6.42 Å². The summed E-state index contributed by atoms with van der Waals surface area (Å²) in [4.78, 5) is 11.3. The van der Waals surface area contributed by atoms with Crippen molar-refractivity contribution in [3.05, 3.63) is 0 Å². The molecule has 1 unspecified atom stereocenters. The molecule has 0 N–H and O–H groups in total. The van der Waals surface area contributed by atoms with Crippen molar-refractivity contribution in [3.63, 3.8) is 0 Å². The van der Waals surface area contributed by atoms with E-state index in [2.05, 4.69) is 0 Å². The van der Waals surface area contributed by atoms with Gasteiger partial charge in [0.05, 0.1) is 13.2 Å². The minimum Gasteiger partial charge on any atom is -0.347 e. The van der Waals surface area contributed by atoms with Crippen molar-refractivity contribution in [3.8, 4) is 0 Å². The second-order valence-electron chi connectivity index (χ2n) is 4.01. The Morgan fingerprint density at radius 1 is 1.33 bits per heavy atom. The van der Waals surface area contributed by atoms with Crippen molar-refractivity contribution in [2.45, 2.75) is 25.0 Å². The van der Waals surface area contributed by atoms with E-state index >= 15 is 0 Å². The Labute approximate surface area is 71.0 Å². The highest BCUT2D eigenvalue weighted by atomic mass is 16.7. The summed E-state index contributed by atoms with van der Waals surface area (Å²) in [5.41, 5.74) is 0. The number of Topliss-reactive ketones (excluding diaryl/α,β-unsaturated/α-hetero) is 1. The Bertz CT molecular complexity index is 230. The molecule has 0 radical (unpaired) electrons. The van der Waals surface area contributed by atoms with Gasteiger partial charge in [0.2, 0.25) is 0 Å². The molecule has 0 amide bonds. The Morgan fingerprint density at radius 2 is 2.08 bits per heavy atom. The maximum Gasteiger partial charge on any atom is 0.172 e. The highest BCUT2D eigenvalue weighted by Crippen LogP contribution is 2.52. The summed E-state index contributed by atoms with van der Waals surface area (Å²) in [5.74, 6) is 0.689. The summed E-state index contributed by atoms with van der Waals surface area (Å²) < 4.78 is 11.2. The van der Waals surface area contributed by atoms with E-state index in [1.807, 2.05) is 0 Å². The van der Waals surface area contributed by atoms with Crippen LogP contribution in [0.1, 0.15) is 19.3 Å². The van der Waals surface area contributed by atoms with Gasteiger partial charge >= 0.3 is 0 Å². The number of rotatable bonds is 0. The zero-order valence-electron chi connectivity index (χ0n) is 6.91. The maximum atomic E-state index is 11.3. The first-order valence-electron chi connectivity index (χ1n) is 4.61. The normalized spacial score (nSPS) is 43.2. The van der Waals surface area contributed by atoms with Gasteiger partial charge in [-0.2, -0.15) is 0 Å². The average molecular weight is 168 g/mol. The van der Waals surface area contributed by atoms with E-state index in [-0.39, 0.29) is 11.7 Å². The Balaban J connectivity index is 1.89. The lowest BCUT2D eigenvalue weighted by Crippen LogP contribution is -2.38. The van der Waals surface area contributed by atoms with Gasteiger partial charge in [0.15, 0.2) is 5.79 Å². The van der Waals surface area contributed by atoms with E-state index < -0.39 is 0 Å². The molecule has 0 aromatic heterocycles. The van der Waals surface area contributed by atoms with Crippen LogP contribution in [0.2, 0.25) is 0 Å². The quantitative estimate of drug-likeness (QED) is 0.535. The molecular formula is C9H12O3. The molecule has 1 spiro atoms. The van der Waals surface area contributed by atoms with E-state index in [0.717, 1.165) is 12.8 Å². The number of ketones is 1. The average Bonchev–Trinajstić information content (AvgIpc) is 2.68. The minimum absolute atomic E-state index is 0.244. The predicted octanol–water partition coefficient (Wildman–Crippen LogP) is 0.728. The highest BCUT2D eigenvalue weighted by molar-refractivity contribution is 5.84. The van der Waals surface area contributed by atoms with E-state index in [0.29, 0.717) is 31.3 Å². The molecule has 3 nitrogen and oxygen atoms in total. The molecule has 2 atom stereocenters. The fourth-order valence-electron chi connectivity index (χ4n) is 2.83. The Kier molecular flexibility index (Phi) is 1.23. The fraction of sp³-hybridized carbons (Fsp3) is 0.889. The Hall–Kier alpha value is -0.410. The number of carbonyl (C=O) groups excluding carboxylic acids is 1. The largest absolute Gasteiger partial charge is 0.347 e. The van der Waals surface area contributed by atoms with Gasteiger partial charge in [0, 0.05) is 24.7 Å². The molecule has 3 rings (SSSR count). The van der Waals surface area contributed by atoms with Crippen LogP contribution in [0.5, 0.6) is 0 Å². The van der Waals surface area contributed by atoms with E-state index in [1.165, 1.54) is 0 Å². The molecule has 66 valence electrons. The number of carbonyl (C=O) groups is 1. The number of hydrogen-bond acceptors (Lipinski definition) is 3. The summed E-state index contributed by atoms with van der Waals surface area (Å²) in [6, 6.07) is 0. The van der Waals surface area contributed by atoms with Crippen molar-refractivity contribution in [1.29, 1.82) is 0 Å². The molecule has 2 aliphatic carbocycles. The van der Waals surface area contributed by atoms with Crippen LogP contribution >= 0.6 is 0 Å². The van der Waals surface area contributed by atoms with Gasteiger partial charge in [-0.1, -0.05) is 0 Å². The monoisotopic (exact) mass is 168 g/mol. The summed E-state index contributed by atoms with van der Waals surface area (Å²) in [6.07, 6.45) is 2.50. The third-order valence-electron chi connectivity index (χ3n) is 3.40. The number of hydrogen-bond donors (Lipinski definition) is 0. The van der Waals surface area contributed by atoms with Crippen molar-refractivity contribution >= 4 is 5.78 Å². The molecule has 0 aromatic carbocycles. The lowest BCUT2D eigenvalue weighted by molar-refractivity contribution is -0.191. The first-order valence-corrected chi connectivity index (χ1v) is 4.61. The molecule has 0 aromatic rings. The third-order valence-corrected chi connectivity index (χ3v) is 3.40. The van der Waals surface area contributed by atoms with E-state index in [4.69, 9.17) is 9.47 Å². The number of ether oxygens (including phenoxy) is 2. The minimum atomic E-state index is -0.335. The van der Waals surface area contributed by atoms with Crippen LogP contribution in [0.15, 0.2) is 0 Å². The van der Waals surface area contributed by atoms with Crippen LogP contribution in [0, 0.1) is 11.8 Å². The molecule has 12 heavy (non-hydrogen) atoms. The van der Waals surface area contributed by atoms with Gasteiger partial charge in [0.25, 0.3) is 0 Å². The lowest BCUT2D eigenvalue weighted by Gasteiger charge is -2.30. The molecule has 3 fully saturated rings. The molecule has 1 saturated heterocycles. The van der Waals surface area contributed by atoms with Crippen LogP contribution in [-0.4, -0.2) is 24.8 Å². The molecule has 3 heteroatoms. The molecule has 3 aliphatic rings. The van der Waals surface area contributed by atoms with Gasteiger partial charge in [0.1, 0.15) is 5.78 Å². The maximum absolute atomic E-state index is 11.3. The molecule has 2 saturated carbocycles. The summed E-state index contributed by atoms with van der Waals surface area (Å²) in [6.45, 7) is 1.41. The van der Waals surface area contributed by atoms with Gasteiger partial charge in [-0.15, -0.1) is 0 Å². The molecule has 1 heterocycles. The van der Waals surface area contributed by atoms with Gasteiger partial charge < -0.3 is 9.47 Å². The zero-order valence-corrected chi connectivity index (χ0v) is 6.91. The van der Waals surface area contributed by atoms with E-state index in [9.17, 15) is 4.79 Å². The van der Waals surface area contributed by atoms with Crippen LogP contribution in [0.4, 0.5) is 0 Å². The fourth-order valence-corrected chi connectivity index (χ4v) is 2.83. The third kappa shape index (κ3) is 0.709. The lowest BCUT2D eigenvalue weighted by atomic mass is 9.93. The van der Waals surface area contributed by atoms with Crippen LogP contribution in [-0.2, 0) is 14.3 Å². The van der Waals surface area contributed by atoms with Crippen LogP contribution in [0.3, 0.4) is 0 Å². The standard InChI is InChI=1S/C9H12O3/c10-8-4-7-3-6(8)5-9(7)11-1-2-12-9/h6-7H,1-5H2/t6?,7-/m1/s1. The summed E-state index contributed by atoms with van der Waals surface area (Å²) >= 11 is 0. The molecule has 1 aliphatic heterocycles. The molecule has 2 bridgehead atoms. The van der Waals surface area contributed by atoms with Crippen molar-refractivity contribution in [2.75, 3.05) is 13.2 Å². The predicted molar refractivity (Wildman–Crippen MR) is 40.5 cm³/mol. The van der Waals surface area contributed by atoms with E-state index in [1.54, 1.807) is 0 Å². The number of fused-ring (bicyclic) bond motifs is 3. The second kappa shape index (κ2) is 2.09. The van der Waals surface area contributed by atoms with Gasteiger partial charge in [-0.25, -0.2) is 0 Å². The molecular weight excluding hydrogens is 156 g/mol. The van der Waals surface area contributed by atoms with Gasteiger partial charge in [-0.3, -0.25) is 4.79 Å². The summed E-state index contributed by atoms with van der Waals surface area (Å²) in [7, 11) is 0. The summed E-state index contributed by atoms with van der Waals surface area (Å²) in [5, 5.41) is 0. The van der Waals surface area contributed by atoms with Crippen molar-refractivity contribution < 1.29 is 14.3 Å². The van der Waals surface area contributed by atoms with Crippen molar-refractivity contribution in [2.24, 2.45) is 11.8 Å². The first-order chi connectivity index (χ1) is 5.80. The SMILES string of the molecule is O=C1C[C@H]2CC1CC21OCCO1.